The van der Waals surface area contributed by atoms with Gasteiger partial charge in [0.05, 0.1) is 5.69 Å². The van der Waals surface area contributed by atoms with Crippen molar-refractivity contribution in [1.82, 2.24) is 0 Å². The van der Waals surface area contributed by atoms with E-state index in [2.05, 4.69) is 10.6 Å². The molecule has 2 aromatic carbocycles. The number of halogens is 3. The molecule has 0 aromatic heterocycles. The van der Waals surface area contributed by atoms with E-state index in [0.717, 1.165) is 12.1 Å². The lowest BCUT2D eigenvalue weighted by atomic mass is 10.2. The van der Waals surface area contributed by atoms with E-state index in [9.17, 15) is 18.0 Å². The smallest absolute Gasteiger partial charge is 0.226 e. The summed E-state index contributed by atoms with van der Waals surface area (Å²) >= 11 is 0. The molecule has 0 aliphatic heterocycles. The fourth-order valence-electron chi connectivity index (χ4n) is 1.73. The Balaban J connectivity index is 1.81. The van der Waals surface area contributed by atoms with E-state index in [1.807, 2.05) is 0 Å². The van der Waals surface area contributed by atoms with E-state index in [-0.39, 0.29) is 24.6 Å². The van der Waals surface area contributed by atoms with Crippen LogP contribution in [0.5, 0.6) is 0 Å². The Morgan fingerprint density at radius 1 is 1.00 bits per heavy atom. The van der Waals surface area contributed by atoms with Crippen LogP contribution in [0.4, 0.5) is 24.5 Å². The first-order valence-corrected chi connectivity index (χ1v) is 6.29. The molecule has 2 N–H and O–H groups in total. The molecular weight excluding hydrogens is 281 g/mol. The average Bonchev–Trinajstić information content (AvgIpc) is 2.41. The molecule has 3 nitrogen and oxygen atoms in total. The van der Waals surface area contributed by atoms with Crippen molar-refractivity contribution in [3.8, 4) is 0 Å². The molecule has 2 aromatic rings. The summed E-state index contributed by atoms with van der Waals surface area (Å²) in [5.74, 6) is -2.17. The summed E-state index contributed by atoms with van der Waals surface area (Å²) in [5.41, 5.74) is 0.475. The summed E-state index contributed by atoms with van der Waals surface area (Å²) in [6.45, 7) is 0.170. The van der Waals surface area contributed by atoms with Gasteiger partial charge < -0.3 is 10.6 Å². The first-order chi connectivity index (χ1) is 10.0. The van der Waals surface area contributed by atoms with Gasteiger partial charge in [-0.15, -0.1) is 0 Å². The van der Waals surface area contributed by atoms with Crippen LogP contribution in [-0.2, 0) is 4.79 Å². The minimum Gasteiger partial charge on any atom is -0.382 e. The maximum atomic E-state index is 13.3. The van der Waals surface area contributed by atoms with E-state index >= 15 is 0 Å². The summed E-state index contributed by atoms with van der Waals surface area (Å²) < 4.78 is 39.0. The van der Waals surface area contributed by atoms with Crippen LogP contribution in [-0.4, -0.2) is 12.5 Å². The monoisotopic (exact) mass is 294 g/mol. The van der Waals surface area contributed by atoms with Crippen molar-refractivity contribution in [2.45, 2.75) is 6.42 Å². The maximum Gasteiger partial charge on any atom is 0.226 e. The molecule has 0 saturated heterocycles. The highest BCUT2D eigenvalue weighted by atomic mass is 19.1. The summed E-state index contributed by atoms with van der Waals surface area (Å²) in [6.07, 6.45) is 0.0628. The molecule has 110 valence electrons. The van der Waals surface area contributed by atoms with Crippen LogP contribution >= 0.6 is 0 Å². The normalized spacial score (nSPS) is 10.2. The highest BCUT2D eigenvalue weighted by Crippen LogP contribution is 2.15. The second kappa shape index (κ2) is 6.78. The molecule has 21 heavy (non-hydrogen) atoms. The molecule has 0 heterocycles. The van der Waals surface area contributed by atoms with Crippen molar-refractivity contribution >= 4 is 17.3 Å². The Labute approximate surface area is 119 Å². The van der Waals surface area contributed by atoms with Gasteiger partial charge in [-0.1, -0.05) is 6.07 Å². The third-order valence-electron chi connectivity index (χ3n) is 2.71. The van der Waals surface area contributed by atoms with Crippen LogP contribution in [0.3, 0.4) is 0 Å². The zero-order valence-corrected chi connectivity index (χ0v) is 11.0. The van der Waals surface area contributed by atoms with E-state index in [0.29, 0.717) is 5.69 Å². The molecule has 0 bridgehead atoms. The molecule has 1 amide bonds. The van der Waals surface area contributed by atoms with Crippen LogP contribution in [0.15, 0.2) is 42.5 Å². The van der Waals surface area contributed by atoms with Gasteiger partial charge in [-0.05, 0) is 30.3 Å². The average molecular weight is 294 g/mol. The Morgan fingerprint density at radius 3 is 2.48 bits per heavy atom. The molecule has 0 spiro atoms. The van der Waals surface area contributed by atoms with Crippen molar-refractivity contribution in [2.75, 3.05) is 17.2 Å². The molecule has 6 heteroatoms. The number of amides is 1. The number of anilines is 2. The zero-order chi connectivity index (χ0) is 15.2. The van der Waals surface area contributed by atoms with Crippen LogP contribution in [0.25, 0.3) is 0 Å². The summed E-state index contributed by atoms with van der Waals surface area (Å²) in [6, 6.07) is 8.66. The third-order valence-corrected chi connectivity index (χ3v) is 2.71. The Bertz CT molecular complexity index is 647. The Kier molecular flexibility index (Phi) is 4.81. The van der Waals surface area contributed by atoms with E-state index in [1.165, 1.54) is 24.3 Å². The minimum atomic E-state index is -0.722. The van der Waals surface area contributed by atoms with Gasteiger partial charge in [0.25, 0.3) is 0 Å². The van der Waals surface area contributed by atoms with Crippen LogP contribution < -0.4 is 10.6 Å². The SMILES string of the molecule is O=C(CCNc1ccc(F)cc1F)Nc1cccc(F)c1. The van der Waals surface area contributed by atoms with E-state index in [1.54, 1.807) is 6.07 Å². The number of hydrogen-bond donors (Lipinski definition) is 2. The van der Waals surface area contributed by atoms with E-state index < -0.39 is 17.5 Å². The van der Waals surface area contributed by atoms with Gasteiger partial charge in [-0.3, -0.25) is 4.79 Å². The molecule has 0 aliphatic carbocycles. The number of nitrogens with one attached hydrogen (secondary N) is 2. The van der Waals surface area contributed by atoms with Gasteiger partial charge in [-0.25, -0.2) is 13.2 Å². The number of hydrogen-bond acceptors (Lipinski definition) is 2. The standard InChI is InChI=1S/C15H13F3N2O/c16-10-2-1-3-12(8-10)20-15(21)6-7-19-14-5-4-11(17)9-13(14)18/h1-5,8-9,19H,6-7H2,(H,20,21). The summed E-state index contributed by atoms with van der Waals surface area (Å²) in [4.78, 5) is 11.6. The molecule has 0 saturated carbocycles. The summed E-state index contributed by atoms with van der Waals surface area (Å²) in [7, 11) is 0. The summed E-state index contributed by atoms with van der Waals surface area (Å²) in [5, 5.41) is 5.21. The van der Waals surface area contributed by atoms with Gasteiger partial charge in [0.15, 0.2) is 0 Å². The molecule has 0 fully saturated rings. The fourth-order valence-corrected chi connectivity index (χ4v) is 1.73. The quantitative estimate of drug-likeness (QED) is 0.885. The van der Waals surface area contributed by atoms with Gasteiger partial charge >= 0.3 is 0 Å². The Hall–Kier alpha value is -2.50. The lowest BCUT2D eigenvalue weighted by Crippen LogP contribution is -2.16. The molecule has 0 aliphatic rings. The van der Waals surface area contributed by atoms with Crippen molar-refractivity contribution in [1.29, 1.82) is 0 Å². The van der Waals surface area contributed by atoms with Gasteiger partial charge in [0.1, 0.15) is 17.5 Å². The van der Waals surface area contributed by atoms with Crippen LogP contribution in [0.2, 0.25) is 0 Å². The van der Waals surface area contributed by atoms with Gasteiger partial charge in [0.2, 0.25) is 5.91 Å². The topological polar surface area (TPSA) is 41.1 Å². The van der Waals surface area contributed by atoms with Crippen LogP contribution in [0.1, 0.15) is 6.42 Å². The number of benzene rings is 2. The van der Waals surface area contributed by atoms with Crippen molar-refractivity contribution in [2.24, 2.45) is 0 Å². The first kappa shape index (κ1) is 14.9. The number of carbonyl (C=O) groups excluding carboxylic acids is 1. The number of carbonyl (C=O) groups is 1. The zero-order valence-electron chi connectivity index (χ0n) is 11.0. The molecule has 2 rings (SSSR count). The third kappa shape index (κ3) is 4.52. The second-order valence-corrected chi connectivity index (χ2v) is 4.36. The highest BCUT2D eigenvalue weighted by molar-refractivity contribution is 5.90. The molecule has 0 atom stereocenters. The number of rotatable bonds is 5. The lowest BCUT2D eigenvalue weighted by molar-refractivity contribution is -0.115. The van der Waals surface area contributed by atoms with Gasteiger partial charge in [0, 0.05) is 24.7 Å². The predicted octanol–water partition coefficient (Wildman–Crippen LogP) is 3.54. The van der Waals surface area contributed by atoms with Gasteiger partial charge in [-0.2, -0.15) is 0 Å². The molecular formula is C15H13F3N2O. The lowest BCUT2D eigenvalue weighted by Gasteiger charge is -2.08. The van der Waals surface area contributed by atoms with E-state index in [4.69, 9.17) is 0 Å². The predicted molar refractivity (Wildman–Crippen MR) is 74.5 cm³/mol. The fraction of sp³-hybridized carbons (Fsp3) is 0.133. The van der Waals surface area contributed by atoms with Crippen molar-refractivity contribution in [3.63, 3.8) is 0 Å². The second-order valence-electron chi connectivity index (χ2n) is 4.36. The van der Waals surface area contributed by atoms with Crippen molar-refractivity contribution in [3.05, 3.63) is 59.9 Å². The minimum absolute atomic E-state index is 0.0628. The first-order valence-electron chi connectivity index (χ1n) is 6.29. The highest BCUT2D eigenvalue weighted by Gasteiger charge is 2.06. The maximum absolute atomic E-state index is 13.3. The van der Waals surface area contributed by atoms with Crippen molar-refractivity contribution < 1.29 is 18.0 Å². The van der Waals surface area contributed by atoms with Crippen LogP contribution in [0, 0.1) is 17.5 Å². The Morgan fingerprint density at radius 2 is 1.76 bits per heavy atom. The molecule has 0 unspecified atom stereocenters. The largest absolute Gasteiger partial charge is 0.382 e. The molecule has 0 radical (unpaired) electrons.